The Hall–Kier alpha value is -2.18. The van der Waals surface area contributed by atoms with E-state index in [2.05, 4.69) is 26.2 Å². The van der Waals surface area contributed by atoms with Crippen LogP contribution in [0.1, 0.15) is 16.8 Å². The summed E-state index contributed by atoms with van der Waals surface area (Å²) in [4.78, 5) is 27.4. The zero-order valence-electron chi connectivity index (χ0n) is 12.4. The fourth-order valence-corrected chi connectivity index (χ4v) is 3.03. The largest absolute Gasteiger partial charge is 0.352 e. The fraction of sp³-hybridized carbons (Fsp3) is 0.176. The molecular formula is C17H16BrN3O2. The van der Waals surface area contributed by atoms with Gasteiger partial charge in [0.1, 0.15) is 0 Å². The predicted molar refractivity (Wildman–Crippen MR) is 95.8 cm³/mol. The molecule has 0 radical (unpaired) electrons. The quantitative estimate of drug-likeness (QED) is 0.484. The number of aromatic nitrogens is 1. The van der Waals surface area contributed by atoms with E-state index in [4.69, 9.17) is 5.73 Å². The lowest BCUT2D eigenvalue weighted by molar-refractivity contribution is 0.0955. The number of rotatable bonds is 4. The van der Waals surface area contributed by atoms with Crippen molar-refractivity contribution in [3.05, 3.63) is 56.9 Å². The van der Waals surface area contributed by atoms with Crippen molar-refractivity contribution in [2.75, 3.05) is 13.1 Å². The number of H-pyrrole nitrogens is 1. The third-order valence-electron chi connectivity index (χ3n) is 3.75. The Morgan fingerprint density at radius 1 is 1.22 bits per heavy atom. The molecule has 5 nitrogen and oxygen atoms in total. The number of hydrogen-bond donors (Lipinski definition) is 3. The summed E-state index contributed by atoms with van der Waals surface area (Å²) in [7, 11) is 0. The van der Waals surface area contributed by atoms with Crippen LogP contribution in [0.5, 0.6) is 0 Å². The second-order valence-electron chi connectivity index (χ2n) is 5.28. The smallest absolute Gasteiger partial charge is 0.256 e. The van der Waals surface area contributed by atoms with Gasteiger partial charge in [0.15, 0.2) is 0 Å². The maximum atomic E-state index is 12.5. The molecule has 0 atom stereocenters. The van der Waals surface area contributed by atoms with Crippen LogP contribution in [0.3, 0.4) is 0 Å². The average Bonchev–Trinajstić information content (AvgIpc) is 2.54. The van der Waals surface area contributed by atoms with E-state index < -0.39 is 0 Å². The van der Waals surface area contributed by atoms with E-state index in [1.807, 2.05) is 18.2 Å². The van der Waals surface area contributed by atoms with Crippen molar-refractivity contribution in [1.29, 1.82) is 0 Å². The molecule has 0 saturated carbocycles. The van der Waals surface area contributed by atoms with Gasteiger partial charge in [0.05, 0.1) is 5.39 Å². The predicted octanol–water partition coefficient (Wildman–Crippen LogP) is 2.52. The molecule has 0 aliphatic carbocycles. The molecule has 0 aliphatic rings. The highest BCUT2D eigenvalue weighted by Crippen LogP contribution is 2.29. The Balaban J connectivity index is 2.25. The summed E-state index contributed by atoms with van der Waals surface area (Å²) >= 11 is 3.43. The van der Waals surface area contributed by atoms with Crippen molar-refractivity contribution in [1.82, 2.24) is 10.3 Å². The number of aromatic amines is 1. The van der Waals surface area contributed by atoms with Gasteiger partial charge >= 0.3 is 0 Å². The summed E-state index contributed by atoms with van der Waals surface area (Å²) in [6, 6.07) is 9.14. The molecule has 1 amide bonds. The van der Waals surface area contributed by atoms with Crippen LogP contribution >= 0.6 is 15.9 Å². The van der Waals surface area contributed by atoms with Gasteiger partial charge in [-0.2, -0.15) is 0 Å². The van der Waals surface area contributed by atoms with Crippen molar-refractivity contribution < 1.29 is 4.79 Å². The molecule has 3 rings (SSSR count). The summed E-state index contributed by atoms with van der Waals surface area (Å²) in [5.74, 6) is -0.159. The third kappa shape index (κ3) is 3.00. The summed E-state index contributed by atoms with van der Waals surface area (Å²) in [6.07, 6.45) is 2.31. The van der Waals surface area contributed by atoms with E-state index in [0.717, 1.165) is 27.1 Å². The lowest BCUT2D eigenvalue weighted by Crippen LogP contribution is -2.26. The number of nitrogens with two attached hydrogens (primary N) is 1. The number of hydrogen-bond acceptors (Lipinski definition) is 3. The Bertz CT molecular complexity index is 950. The minimum Gasteiger partial charge on any atom is -0.352 e. The molecule has 23 heavy (non-hydrogen) atoms. The molecule has 0 bridgehead atoms. The van der Waals surface area contributed by atoms with Crippen LogP contribution in [-0.4, -0.2) is 24.0 Å². The molecule has 118 valence electrons. The van der Waals surface area contributed by atoms with Crippen LogP contribution in [0.2, 0.25) is 0 Å². The first kappa shape index (κ1) is 15.7. The highest BCUT2D eigenvalue weighted by Gasteiger charge is 2.14. The zero-order valence-corrected chi connectivity index (χ0v) is 13.9. The second-order valence-corrected chi connectivity index (χ2v) is 6.20. The molecule has 6 heteroatoms. The number of carbonyl (C=O) groups is 1. The van der Waals surface area contributed by atoms with Gasteiger partial charge in [0.25, 0.3) is 11.5 Å². The third-order valence-corrected chi connectivity index (χ3v) is 4.24. The lowest BCUT2D eigenvalue weighted by atomic mass is 9.98. The first-order valence-corrected chi connectivity index (χ1v) is 8.13. The number of halogens is 1. The molecule has 2 aromatic carbocycles. The van der Waals surface area contributed by atoms with E-state index in [0.29, 0.717) is 24.0 Å². The van der Waals surface area contributed by atoms with Crippen LogP contribution in [0.15, 0.2) is 45.8 Å². The van der Waals surface area contributed by atoms with Crippen molar-refractivity contribution in [3.8, 4) is 0 Å². The van der Waals surface area contributed by atoms with E-state index in [1.54, 1.807) is 18.3 Å². The number of benzene rings is 2. The van der Waals surface area contributed by atoms with E-state index >= 15 is 0 Å². The van der Waals surface area contributed by atoms with Gasteiger partial charge in [-0.3, -0.25) is 9.59 Å². The number of nitrogens with one attached hydrogen (secondary N) is 2. The lowest BCUT2D eigenvalue weighted by Gasteiger charge is -2.11. The monoisotopic (exact) mass is 373 g/mol. The van der Waals surface area contributed by atoms with Crippen LogP contribution in [0.4, 0.5) is 0 Å². The van der Waals surface area contributed by atoms with E-state index in [1.165, 1.54) is 0 Å². The van der Waals surface area contributed by atoms with E-state index in [-0.39, 0.29) is 11.5 Å². The number of amides is 1. The molecule has 0 aliphatic heterocycles. The number of fused-ring (bicyclic) bond motifs is 3. The van der Waals surface area contributed by atoms with Gasteiger partial charge < -0.3 is 16.0 Å². The maximum Gasteiger partial charge on any atom is 0.256 e. The molecule has 0 saturated heterocycles. The molecule has 1 heterocycles. The Morgan fingerprint density at radius 3 is 2.83 bits per heavy atom. The second kappa shape index (κ2) is 6.52. The standard InChI is InChI=1S/C17H16BrN3O2/c18-11-2-3-12-13(9-11)15-10(4-7-21-17(15)23)8-14(12)16(22)20-6-1-5-19/h2-4,7-9H,1,5-6,19H2,(H,20,22)(H,21,23). The molecule has 4 N–H and O–H groups in total. The normalized spacial score (nSPS) is 11.0. The van der Waals surface area contributed by atoms with Gasteiger partial charge in [-0.1, -0.05) is 22.0 Å². The molecule has 0 spiro atoms. The molecular weight excluding hydrogens is 358 g/mol. The topological polar surface area (TPSA) is 88.0 Å². The summed E-state index contributed by atoms with van der Waals surface area (Å²) < 4.78 is 0.857. The van der Waals surface area contributed by atoms with Crippen LogP contribution in [0.25, 0.3) is 21.5 Å². The molecule has 1 aromatic heterocycles. The zero-order chi connectivity index (χ0) is 16.4. The minimum absolute atomic E-state index is 0.159. The molecule has 3 aromatic rings. The van der Waals surface area contributed by atoms with Crippen molar-refractivity contribution in [2.24, 2.45) is 5.73 Å². The van der Waals surface area contributed by atoms with Crippen molar-refractivity contribution in [3.63, 3.8) is 0 Å². The summed E-state index contributed by atoms with van der Waals surface area (Å²) in [5.41, 5.74) is 5.85. The Kier molecular flexibility index (Phi) is 4.45. The van der Waals surface area contributed by atoms with Gasteiger partial charge in [-0.05, 0) is 53.4 Å². The van der Waals surface area contributed by atoms with Crippen LogP contribution in [0, 0.1) is 0 Å². The summed E-state index contributed by atoms with van der Waals surface area (Å²) in [5, 5.41) is 5.70. The van der Waals surface area contributed by atoms with Crippen LogP contribution < -0.4 is 16.6 Å². The minimum atomic E-state index is -0.166. The van der Waals surface area contributed by atoms with Gasteiger partial charge in [-0.15, -0.1) is 0 Å². The highest BCUT2D eigenvalue weighted by molar-refractivity contribution is 9.10. The Labute approximate surface area is 141 Å². The van der Waals surface area contributed by atoms with Gasteiger partial charge in [0, 0.05) is 22.8 Å². The Morgan fingerprint density at radius 2 is 2.04 bits per heavy atom. The van der Waals surface area contributed by atoms with E-state index in [9.17, 15) is 9.59 Å². The molecule has 0 fully saturated rings. The van der Waals surface area contributed by atoms with Crippen LogP contribution in [-0.2, 0) is 0 Å². The average molecular weight is 374 g/mol. The van der Waals surface area contributed by atoms with Crippen molar-refractivity contribution in [2.45, 2.75) is 6.42 Å². The first-order valence-electron chi connectivity index (χ1n) is 7.34. The SMILES string of the molecule is NCCCNC(=O)c1cc2cc[nH]c(=O)c2c2cc(Br)ccc12. The number of pyridine rings is 1. The fourth-order valence-electron chi connectivity index (χ4n) is 2.67. The number of carbonyl (C=O) groups excluding carboxylic acids is 1. The first-order chi connectivity index (χ1) is 11.1. The van der Waals surface area contributed by atoms with Gasteiger partial charge in [0.2, 0.25) is 0 Å². The van der Waals surface area contributed by atoms with Gasteiger partial charge in [-0.25, -0.2) is 0 Å². The molecule has 0 unspecified atom stereocenters. The van der Waals surface area contributed by atoms with Crippen molar-refractivity contribution >= 4 is 43.4 Å². The maximum absolute atomic E-state index is 12.5. The highest BCUT2D eigenvalue weighted by atomic mass is 79.9. The summed E-state index contributed by atoms with van der Waals surface area (Å²) in [6.45, 7) is 1.06.